The quantitative estimate of drug-likeness (QED) is 0.440. The Balaban J connectivity index is 1.68. The number of hydrogen-bond acceptors (Lipinski definition) is 4. The number of thioether (sulfide) groups is 1. The van der Waals surface area contributed by atoms with Crippen molar-refractivity contribution in [2.75, 3.05) is 0 Å². The van der Waals surface area contributed by atoms with Crippen molar-refractivity contribution in [1.29, 1.82) is 5.26 Å². The normalized spacial score (nSPS) is 10.6. The van der Waals surface area contributed by atoms with E-state index in [0.29, 0.717) is 17.1 Å². The van der Waals surface area contributed by atoms with Crippen LogP contribution in [0.4, 0.5) is 4.39 Å². The summed E-state index contributed by atoms with van der Waals surface area (Å²) in [6.07, 6.45) is 0. The van der Waals surface area contributed by atoms with Crippen LogP contribution in [0.1, 0.15) is 11.1 Å². The third kappa shape index (κ3) is 3.80. The van der Waals surface area contributed by atoms with E-state index in [0.717, 1.165) is 22.0 Å². The number of nitrogens with zero attached hydrogens (tertiary/aromatic N) is 4. The van der Waals surface area contributed by atoms with E-state index < -0.39 is 0 Å². The molecule has 0 bridgehead atoms. The number of hydrogen-bond donors (Lipinski definition) is 0. The third-order valence-corrected chi connectivity index (χ3v) is 5.20. The molecule has 6 heteroatoms. The van der Waals surface area contributed by atoms with Gasteiger partial charge in [0.15, 0.2) is 11.0 Å². The fourth-order valence-corrected chi connectivity index (χ4v) is 3.69. The Bertz CT molecular complexity index is 1110. The highest BCUT2D eigenvalue weighted by atomic mass is 32.2. The predicted molar refractivity (Wildman–Crippen MR) is 107 cm³/mol. The van der Waals surface area contributed by atoms with E-state index in [1.807, 2.05) is 59.2 Å². The van der Waals surface area contributed by atoms with E-state index in [1.165, 1.54) is 12.1 Å². The van der Waals surface area contributed by atoms with E-state index in [4.69, 9.17) is 5.26 Å². The Morgan fingerprint density at radius 3 is 2.29 bits per heavy atom. The summed E-state index contributed by atoms with van der Waals surface area (Å²) in [5.74, 6) is 1.07. The van der Waals surface area contributed by atoms with Crippen molar-refractivity contribution in [1.82, 2.24) is 14.8 Å². The number of rotatable bonds is 5. The summed E-state index contributed by atoms with van der Waals surface area (Å²) in [4.78, 5) is 0. The summed E-state index contributed by atoms with van der Waals surface area (Å²) in [6, 6.07) is 25.7. The summed E-state index contributed by atoms with van der Waals surface area (Å²) in [5.41, 5.74) is 3.46. The van der Waals surface area contributed by atoms with Crippen LogP contribution in [0.15, 0.2) is 84.0 Å². The number of nitriles is 1. The number of benzene rings is 3. The van der Waals surface area contributed by atoms with E-state index in [-0.39, 0.29) is 5.82 Å². The molecule has 0 amide bonds. The average Bonchev–Trinajstić information content (AvgIpc) is 3.17. The Hall–Kier alpha value is -3.43. The van der Waals surface area contributed by atoms with Crippen molar-refractivity contribution in [2.45, 2.75) is 10.9 Å². The van der Waals surface area contributed by atoms with Crippen LogP contribution < -0.4 is 0 Å². The first kappa shape index (κ1) is 18.0. The van der Waals surface area contributed by atoms with Gasteiger partial charge < -0.3 is 0 Å². The van der Waals surface area contributed by atoms with Gasteiger partial charge in [-0.2, -0.15) is 5.26 Å². The Morgan fingerprint density at radius 2 is 1.61 bits per heavy atom. The Morgan fingerprint density at radius 1 is 0.893 bits per heavy atom. The molecule has 0 radical (unpaired) electrons. The second-order valence-corrected chi connectivity index (χ2v) is 7.02. The van der Waals surface area contributed by atoms with Gasteiger partial charge in [0.1, 0.15) is 5.82 Å². The van der Waals surface area contributed by atoms with Gasteiger partial charge in [-0.3, -0.25) is 4.57 Å². The van der Waals surface area contributed by atoms with Crippen LogP contribution >= 0.6 is 11.8 Å². The van der Waals surface area contributed by atoms with Gasteiger partial charge >= 0.3 is 0 Å². The molecule has 0 fully saturated rings. The molecule has 0 saturated carbocycles. The first-order chi connectivity index (χ1) is 13.7. The molecule has 0 N–H and O–H groups in total. The zero-order valence-corrected chi connectivity index (χ0v) is 15.6. The monoisotopic (exact) mass is 386 g/mol. The van der Waals surface area contributed by atoms with E-state index in [1.54, 1.807) is 23.9 Å². The fraction of sp³-hybridized carbons (Fsp3) is 0.0455. The zero-order chi connectivity index (χ0) is 19.3. The molecular weight excluding hydrogens is 371 g/mol. The maximum Gasteiger partial charge on any atom is 0.196 e. The molecule has 0 atom stereocenters. The van der Waals surface area contributed by atoms with Crippen LogP contribution in [0.5, 0.6) is 0 Å². The maximum atomic E-state index is 13.3. The van der Waals surface area contributed by atoms with Crippen molar-refractivity contribution in [3.63, 3.8) is 0 Å². The summed E-state index contributed by atoms with van der Waals surface area (Å²) >= 11 is 1.56. The molecule has 0 spiro atoms. The molecule has 0 aliphatic heterocycles. The molecule has 28 heavy (non-hydrogen) atoms. The molecule has 1 aromatic heterocycles. The van der Waals surface area contributed by atoms with Gasteiger partial charge in [-0.05, 0) is 54.1 Å². The molecule has 136 valence electrons. The van der Waals surface area contributed by atoms with Gasteiger partial charge in [-0.1, -0.05) is 42.1 Å². The smallest absolute Gasteiger partial charge is 0.196 e. The number of para-hydroxylation sites is 1. The summed E-state index contributed by atoms with van der Waals surface area (Å²) < 4.78 is 15.3. The van der Waals surface area contributed by atoms with Crippen molar-refractivity contribution in [3.8, 4) is 23.1 Å². The molecule has 0 aliphatic carbocycles. The number of aromatic nitrogens is 3. The lowest BCUT2D eigenvalue weighted by Crippen LogP contribution is -1.99. The molecule has 4 nitrogen and oxygen atoms in total. The van der Waals surface area contributed by atoms with Crippen molar-refractivity contribution in [2.24, 2.45) is 0 Å². The molecule has 0 unspecified atom stereocenters. The molecule has 3 aromatic carbocycles. The highest BCUT2D eigenvalue weighted by Gasteiger charge is 2.16. The van der Waals surface area contributed by atoms with Crippen LogP contribution in [0, 0.1) is 17.1 Å². The van der Waals surface area contributed by atoms with Crippen molar-refractivity contribution >= 4 is 11.8 Å². The van der Waals surface area contributed by atoms with Crippen LogP contribution in [0.3, 0.4) is 0 Å². The summed E-state index contributed by atoms with van der Waals surface area (Å²) in [5, 5.41) is 18.4. The van der Waals surface area contributed by atoms with Gasteiger partial charge in [0.05, 0.1) is 11.6 Å². The van der Waals surface area contributed by atoms with Crippen LogP contribution in [-0.2, 0) is 5.75 Å². The lowest BCUT2D eigenvalue weighted by atomic mass is 10.2. The first-order valence-corrected chi connectivity index (χ1v) is 9.62. The predicted octanol–water partition coefficient (Wildman–Crippen LogP) is 5.24. The van der Waals surface area contributed by atoms with Crippen molar-refractivity contribution < 1.29 is 4.39 Å². The minimum Gasteiger partial charge on any atom is -0.270 e. The second kappa shape index (κ2) is 8.07. The third-order valence-electron chi connectivity index (χ3n) is 4.20. The van der Waals surface area contributed by atoms with Crippen LogP contribution in [0.2, 0.25) is 0 Å². The topological polar surface area (TPSA) is 54.5 Å². The highest BCUT2D eigenvalue weighted by molar-refractivity contribution is 7.98. The van der Waals surface area contributed by atoms with Gasteiger partial charge in [-0.15, -0.1) is 10.2 Å². The van der Waals surface area contributed by atoms with Gasteiger partial charge in [-0.25, -0.2) is 4.39 Å². The number of halogens is 1. The van der Waals surface area contributed by atoms with Crippen LogP contribution in [-0.4, -0.2) is 14.8 Å². The fourth-order valence-electron chi connectivity index (χ4n) is 2.78. The molecule has 0 saturated heterocycles. The minimum absolute atomic E-state index is 0.287. The highest BCUT2D eigenvalue weighted by Crippen LogP contribution is 2.29. The minimum atomic E-state index is -0.287. The lowest BCUT2D eigenvalue weighted by molar-refractivity contribution is 0.628. The second-order valence-electron chi connectivity index (χ2n) is 6.08. The van der Waals surface area contributed by atoms with Gasteiger partial charge in [0, 0.05) is 17.0 Å². The largest absolute Gasteiger partial charge is 0.270 e. The maximum absolute atomic E-state index is 13.3. The standard InChI is InChI=1S/C22H15FN4S/c23-19-12-10-18(11-13-19)21-25-26-22(27(21)20-4-2-1-3-5-20)28-15-17-8-6-16(14-24)7-9-17/h1-13H,15H2. The van der Waals surface area contributed by atoms with Crippen LogP contribution in [0.25, 0.3) is 17.1 Å². The SMILES string of the molecule is N#Cc1ccc(CSc2nnc(-c3ccc(F)cc3)n2-c2ccccc2)cc1. The molecule has 4 aromatic rings. The average molecular weight is 386 g/mol. The Labute approximate surface area is 166 Å². The van der Waals surface area contributed by atoms with E-state index in [2.05, 4.69) is 16.3 Å². The molecule has 0 aliphatic rings. The zero-order valence-electron chi connectivity index (χ0n) is 14.8. The molecule has 1 heterocycles. The van der Waals surface area contributed by atoms with Gasteiger partial charge in [0.25, 0.3) is 0 Å². The molecular formula is C22H15FN4S. The summed E-state index contributed by atoms with van der Waals surface area (Å²) in [6.45, 7) is 0. The molecule has 4 rings (SSSR count). The summed E-state index contributed by atoms with van der Waals surface area (Å²) in [7, 11) is 0. The Kier molecular flexibility index (Phi) is 5.18. The van der Waals surface area contributed by atoms with E-state index >= 15 is 0 Å². The van der Waals surface area contributed by atoms with E-state index in [9.17, 15) is 4.39 Å². The first-order valence-electron chi connectivity index (χ1n) is 8.63. The lowest BCUT2D eigenvalue weighted by Gasteiger charge is -2.10. The van der Waals surface area contributed by atoms with Gasteiger partial charge in [0.2, 0.25) is 0 Å². The van der Waals surface area contributed by atoms with Crippen molar-refractivity contribution in [3.05, 3.63) is 95.8 Å².